The molecule has 3 aromatic rings. The van der Waals surface area contributed by atoms with Gasteiger partial charge in [0.2, 0.25) is 5.90 Å². The maximum absolute atomic E-state index is 14.1. The highest BCUT2D eigenvalue weighted by Gasteiger charge is 2.53. The number of nitrogens with one attached hydrogen (secondary N) is 2. The Morgan fingerprint density at radius 3 is 2.44 bits per heavy atom. The minimum absolute atomic E-state index is 0.0619. The van der Waals surface area contributed by atoms with Gasteiger partial charge in [0.1, 0.15) is 11.5 Å². The van der Waals surface area contributed by atoms with Gasteiger partial charge in [0.15, 0.2) is 17.9 Å². The highest BCUT2D eigenvalue weighted by atomic mass is 16.7. The van der Waals surface area contributed by atoms with Crippen molar-refractivity contribution in [2.45, 2.75) is 30.8 Å². The van der Waals surface area contributed by atoms with Crippen molar-refractivity contribution in [2.24, 2.45) is 4.99 Å². The molecule has 0 saturated heterocycles. The number of hydrogen-bond acceptors (Lipinski definition) is 9. The number of carbonyl (C=O) groups is 1. The zero-order valence-electron chi connectivity index (χ0n) is 23.5. The van der Waals surface area contributed by atoms with Gasteiger partial charge in [-0.05, 0) is 47.5 Å². The fraction of sp³-hybridized carbons (Fsp3) is 0.355. The standard InChI is InChI=1S/C31H37N3O7/c1-37-26-12-7-11-24(19-26)28-31(20-22-9-5-4-6-10-22,30(36)34-32-21-27(38-2)39-3)33-29(41-28)23-13-15-25(16-14-23)40-18-8-17-35/h4-7,9-16,19,27-28,32,35H,8,17-18,20-21H2,1-3H3,(H,34,36)/t28-,31-/m0/s1. The molecule has 0 unspecified atom stereocenters. The predicted molar refractivity (Wildman–Crippen MR) is 154 cm³/mol. The number of aliphatic hydroxyl groups is 1. The van der Waals surface area contributed by atoms with Crippen LogP contribution >= 0.6 is 0 Å². The quantitative estimate of drug-likeness (QED) is 0.147. The SMILES string of the molecule is COc1cccc([C@@H]2OC(c3ccc(OCCCO)cc3)=N[C@]2(Cc2ccccc2)C(=O)NNCC(OC)OC)c1. The lowest BCUT2D eigenvalue weighted by Gasteiger charge is -2.31. The van der Waals surface area contributed by atoms with Crippen LogP contribution in [-0.2, 0) is 25.4 Å². The summed E-state index contributed by atoms with van der Waals surface area (Å²) >= 11 is 0. The van der Waals surface area contributed by atoms with Crippen LogP contribution in [0.25, 0.3) is 0 Å². The molecule has 10 heteroatoms. The van der Waals surface area contributed by atoms with Crippen LogP contribution in [0.4, 0.5) is 0 Å². The molecule has 41 heavy (non-hydrogen) atoms. The third-order valence-corrected chi connectivity index (χ3v) is 6.74. The number of ether oxygens (including phenoxy) is 5. The van der Waals surface area contributed by atoms with Gasteiger partial charge in [0, 0.05) is 39.2 Å². The molecule has 4 rings (SSSR count). The topological polar surface area (TPSA) is 120 Å². The molecule has 0 radical (unpaired) electrons. The largest absolute Gasteiger partial charge is 0.497 e. The van der Waals surface area contributed by atoms with Crippen molar-refractivity contribution < 1.29 is 33.6 Å². The van der Waals surface area contributed by atoms with Gasteiger partial charge in [0.25, 0.3) is 5.91 Å². The van der Waals surface area contributed by atoms with Crippen LogP contribution in [0.3, 0.4) is 0 Å². The minimum Gasteiger partial charge on any atom is -0.497 e. The molecular formula is C31H37N3O7. The van der Waals surface area contributed by atoms with Crippen LogP contribution in [0.15, 0.2) is 83.9 Å². The first-order valence-corrected chi connectivity index (χ1v) is 13.4. The molecule has 1 amide bonds. The normalized spacial score (nSPS) is 18.1. The van der Waals surface area contributed by atoms with E-state index in [9.17, 15) is 4.79 Å². The summed E-state index contributed by atoms with van der Waals surface area (Å²) in [5.41, 5.74) is 6.72. The van der Waals surface area contributed by atoms with E-state index in [1.54, 1.807) is 7.11 Å². The molecule has 1 aliphatic heterocycles. The third kappa shape index (κ3) is 7.42. The predicted octanol–water partition coefficient (Wildman–Crippen LogP) is 3.20. The maximum atomic E-state index is 14.1. The van der Waals surface area contributed by atoms with E-state index in [1.807, 2.05) is 78.9 Å². The molecule has 3 N–H and O–H groups in total. The van der Waals surface area contributed by atoms with Crippen LogP contribution in [-0.4, -0.2) is 69.8 Å². The summed E-state index contributed by atoms with van der Waals surface area (Å²) in [7, 11) is 4.64. The minimum atomic E-state index is -1.37. The van der Waals surface area contributed by atoms with Crippen molar-refractivity contribution in [1.29, 1.82) is 0 Å². The molecule has 2 atom stereocenters. The monoisotopic (exact) mass is 563 g/mol. The Morgan fingerprint density at radius 2 is 1.76 bits per heavy atom. The first-order valence-electron chi connectivity index (χ1n) is 13.4. The molecule has 0 bridgehead atoms. The number of hydrogen-bond donors (Lipinski definition) is 3. The zero-order chi connectivity index (χ0) is 29.1. The zero-order valence-corrected chi connectivity index (χ0v) is 23.5. The molecule has 3 aromatic carbocycles. The second-order valence-electron chi connectivity index (χ2n) is 9.46. The van der Waals surface area contributed by atoms with Gasteiger partial charge in [-0.25, -0.2) is 10.4 Å². The molecule has 10 nitrogen and oxygen atoms in total. The first kappa shape index (κ1) is 30.0. The summed E-state index contributed by atoms with van der Waals surface area (Å²) in [5.74, 6) is 1.25. The number of amides is 1. The Hall–Kier alpha value is -3.96. The fourth-order valence-electron chi connectivity index (χ4n) is 4.58. The molecule has 1 aliphatic rings. The Labute approximate surface area is 240 Å². The van der Waals surface area contributed by atoms with E-state index in [0.717, 1.165) is 11.1 Å². The third-order valence-electron chi connectivity index (χ3n) is 6.74. The molecule has 0 fully saturated rings. The van der Waals surface area contributed by atoms with Gasteiger partial charge in [0.05, 0.1) is 20.3 Å². The Balaban J connectivity index is 1.74. The van der Waals surface area contributed by atoms with Crippen LogP contribution in [0.5, 0.6) is 11.5 Å². The van der Waals surface area contributed by atoms with Crippen molar-refractivity contribution in [1.82, 2.24) is 10.9 Å². The number of benzene rings is 3. The summed E-state index contributed by atoms with van der Waals surface area (Å²) in [5, 5.41) is 9.02. The van der Waals surface area contributed by atoms with E-state index in [2.05, 4.69) is 10.9 Å². The van der Waals surface area contributed by atoms with E-state index in [-0.39, 0.29) is 25.5 Å². The molecule has 1 heterocycles. The second kappa shape index (κ2) is 14.6. The number of hydrazine groups is 1. The highest BCUT2D eigenvalue weighted by molar-refractivity contribution is 6.01. The van der Waals surface area contributed by atoms with E-state index in [4.69, 9.17) is 33.8 Å². The van der Waals surface area contributed by atoms with E-state index < -0.39 is 17.9 Å². The van der Waals surface area contributed by atoms with Crippen molar-refractivity contribution in [3.8, 4) is 11.5 Å². The smallest absolute Gasteiger partial charge is 0.266 e. The van der Waals surface area contributed by atoms with Crippen molar-refractivity contribution in [2.75, 3.05) is 41.1 Å². The lowest BCUT2D eigenvalue weighted by molar-refractivity contribution is -0.131. The Kier molecular flexibility index (Phi) is 10.7. The van der Waals surface area contributed by atoms with E-state index in [1.165, 1.54) is 14.2 Å². The van der Waals surface area contributed by atoms with Crippen LogP contribution in [0.2, 0.25) is 0 Å². The number of nitrogens with zero attached hydrogens (tertiary/aromatic N) is 1. The summed E-state index contributed by atoms with van der Waals surface area (Å²) in [6, 6.07) is 24.5. The van der Waals surface area contributed by atoms with Crippen molar-refractivity contribution in [3.63, 3.8) is 0 Å². The second-order valence-corrected chi connectivity index (χ2v) is 9.46. The molecule has 0 spiro atoms. The average molecular weight is 564 g/mol. The van der Waals surface area contributed by atoms with Gasteiger partial charge in [-0.3, -0.25) is 10.2 Å². The summed E-state index contributed by atoms with van der Waals surface area (Å²) in [6.45, 7) is 0.692. The number of carbonyl (C=O) groups excluding carboxylic acids is 1. The van der Waals surface area contributed by atoms with Crippen LogP contribution in [0.1, 0.15) is 29.2 Å². The van der Waals surface area contributed by atoms with E-state index >= 15 is 0 Å². The van der Waals surface area contributed by atoms with Crippen molar-refractivity contribution in [3.05, 3.63) is 95.6 Å². The lowest BCUT2D eigenvalue weighted by atomic mass is 9.82. The number of aliphatic imine (C=N–C) groups is 1. The van der Waals surface area contributed by atoms with Crippen molar-refractivity contribution >= 4 is 11.8 Å². The Morgan fingerprint density at radius 1 is 1.00 bits per heavy atom. The number of rotatable bonds is 15. The van der Waals surface area contributed by atoms with Gasteiger partial charge in [-0.2, -0.15) is 0 Å². The molecule has 218 valence electrons. The molecular weight excluding hydrogens is 526 g/mol. The number of aliphatic hydroxyl groups excluding tert-OH is 1. The fourth-order valence-corrected chi connectivity index (χ4v) is 4.58. The maximum Gasteiger partial charge on any atom is 0.266 e. The van der Waals surface area contributed by atoms with Crippen LogP contribution in [0, 0.1) is 0 Å². The van der Waals surface area contributed by atoms with Gasteiger partial charge in [-0.1, -0.05) is 42.5 Å². The number of methoxy groups -OCH3 is 3. The Bertz CT molecular complexity index is 1280. The first-order chi connectivity index (χ1) is 20.0. The van der Waals surface area contributed by atoms with E-state index in [0.29, 0.717) is 36.0 Å². The summed E-state index contributed by atoms with van der Waals surface area (Å²) < 4.78 is 28.2. The molecule has 0 aromatic heterocycles. The lowest BCUT2D eigenvalue weighted by Crippen LogP contribution is -2.55. The highest BCUT2D eigenvalue weighted by Crippen LogP contribution is 2.43. The van der Waals surface area contributed by atoms with Gasteiger partial charge >= 0.3 is 0 Å². The molecule has 0 aliphatic carbocycles. The van der Waals surface area contributed by atoms with Crippen LogP contribution < -0.4 is 20.3 Å². The van der Waals surface area contributed by atoms with Gasteiger partial charge in [-0.15, -0.1) is 0 Å². The average Bonchev–Trinajstić information content (AvgIpc) is 3.40. The van der Waals surface area contributed by atoms with Gasteiger partial charge < -0.3 is 28.8 Å². The summed E-state index contributed by atoms with van der Waals surface area (Å²) in [6.07, 6.45) is -0.504. The summed E-state index contributed by atoms with van der Waals surface area (Å²) in [4.78, 5) is 19.1. The molecule has 0 saturated carbocycles.